The highest BCUT2D eigenvalue weighted by Crippen LogP contribution is 2.19. The van der Waals surface area contributed by atoms with E-state index in [-0.39, 0.29) is 0 Å². The summed E-state index contributed by atoms with van der Waals surface area (Å²) in [7, 11) is 0. The van der Waals surface area contributed by atoms with Gasteiger partial charge in [-0.15, -0.1) is 6.26 Å². The second-order valence-electron chi connectivity index (χ2n) is 2.79. The molecule has 1 aromatic carbocycles. The van der Waals surface area contributed by atoms with Gasteiger partial charge in [-0.05, 0) is 24.6 Å². The first-order valence-corrected chi connectivity index (χ1v) is 3.96. The summed E-state index contributed by atoms with van der Waals surface area (Å²) in [4.78, 5) is 4.15. The molecule has 0 atom stereocenters. The van der Waals surface area contributed by atoms with Crippen molar-refractivity contribution in [2.24, 2.45) is 0 Å². The lowest BCUT2D eigenvalue weighted by molar-refractivity contribution is -0.273. The Balaban J connectivity index is 2.62. The van der Waals surface area contributed by atoms with Gasteiger partial charge in [-0.1, -0.05) is 12.1 Å². The topological polar surface area (TPSA) is 49.1 Å². The quantitative estimate of drug-likeness (QED) is 0.616. The van der Waals surface area contributed by atoms with E-state index in [9.17, 15) is 5.11 Å². The number of hydrogen-bond donors (Lipinski definition) is 0. The molecule has 0 aliphatic rings. The van der Waals surface area contributed by atoms with Crippen LogP contribution in [-0.2, 0) is 0 Å². The number of rotatable bonds is 1. The van der Waals surface area contributed by atoms with Gasteiger partial charge in [-0.3, -0.25) is 0 Å². The Labute approximate surface area is 75.3 Å². The Kier molecular flexibility index (Phi) is 1.77. The van der Waals surface area contributed by atoms with E-state index in [1.165, 1.54) is 0 Å². The van der Waals surface area contributed by atoms with Crippen LogP contribution in [0.5, 0.6) is 0 Å². The molecule has 0 bridgehead atoms. The number of para-hydroxylation sites is 2. The predicted octanol–water partition coefficient (Wildman–Crippen LogP) is 1.55. The largest absolute Gasteiger partial charge is 0.878 e. The average Bonchev–Trinajstić information content (AvgIpc) is 2.59. The second-order valence-corrected chi connectivity index (χ2v) is 2.79. The molecular weight excluding hydrogens is 166 g/mol. The summed E-state index contributed by atoms with van der Waals surface area (Å²) >= 11 is 0. The van der Waals surface area contributed by atoms with Gasteiger partial charge in [0.15, 0.2) is 5.58 Å². The maximum absolute atomic E-state index is 10.4. The molecule has 0 unspecified atom stereocenters. The Morgan fingerprint density at radius 2 is 2.23 bits per heavy atom. The van der Waals surface area contributed by atoms with E-state index in [2.05, 4.69) is 4.98 Å². The van der Waals surface area contributed by atoms with E-state index >= 15 is 0 Å². The van der Waals surface area contributed by atoms with Gasteiger partial charge in [-0.2, -0.15) is 0 Å². The fraction of sp³-hybridized carbons (Fsp3) is 0.100. The predicted molar refractivity (Wildman–Crippen MR) is 47.7 cm³/mol. The summed E-state index contributed by atoms with van der Waals surface area (Å²) in [5, 5.41) is 10.4. The van der Waals surface area contributed by atoms with Crippen molar-refractivity contribution in [1.82, 2.24) is 4.98 Å². The first-order chi connectivity index (χ1) is 6.31. The first-order valence-electron chi connectivity index (χ1n) is 3.96. The fourth-order valence-electron chi connectivity index (χ4n) is 1.09. The van der Waals surface area contributed by atoms with Crippen LogP contribution in [0, 0.1) is 0 Å². The van der Waals surface area contributed by atoms with Crippen LogP contribution in [0.2, 0.25) is 0 Å². The van der Waals surface area contributed by atoms with E-state index in [1.807, 2.05) is 24.3 Å². The molecule has 1 heterocycles. The van der Waals surface area contributed by atoms with Crippen LogP contribution in [0.25, 0.3) is 16.7 Å². The zero-order valence-electron chi connectivity index (χ0n) is 7.15. The highest BCUT2D eigenvalue weighted by atomic mass is 16.3. The van der Waals surface area contributed by atoms with Crippen LogP contribution in [0.4, 0.5) is 0 Å². The van der Waals surface area contributed by atoms with Crippen molar-refractivity contribution in [3.05, 3.63) is 36.4 Å². The summed E-state index contributed by atoms with van der Waals surface area (Å²) in [6, 6.07) is 7.42. The summed E-state index contributed by atoms with van der Waals surface area (Å²) in [5.74, 6) is 0.399. The third kappa shape index (κ3) is 1.28. The van der Waals surface area contributed by atoms with Gasteiger partial charge >= 0.3 is 0 Å². The van der Waals surface area contributed by atoms with Crippen molar-refractivity contribution < 1.29 is 9.52 Å². The normalized spacial score (nSPS) is 12.2. The molecule has 0 N–H and O–H groups in total. The number of fused-ring (bicyclic) bond motifs is 1. The second kappa shape index (κ2) is 2.94. The lowest BCUT2D eigenvalue weighted by Crippen LogP contribution is -1.89. The molecule has 3 heteroatoms. The number of benzene rings is 1. The third-order valence-corrected chi connectivity index (χ3v) is 1.81. The molecule has 0 radical (unpaired) electrons. The number of hydrogen-bond acceptors (Lipinski definition) is 3. The lowest BCUT2D eigenvalue weighted by atomic mass is 10.3. The zero-order chi connectivity index (χ0) is 9.26. The molecule has 0 aliphatic heterocycles. The minimum atomic E-state index is 0.399. The minimum Gasteiger partial charge on any atom is -0.878 e. The van der Waals surface area contributed by atoms with Gasteiger partial charge < -0.3 is 9.52 Å². The van der Waals surface area contributed by atoms with E-state index in [1.54, 1.807) is 6.92 Å². The molecule has 2 rings (SSSR count). The molecule has 66 valence electrons. The van der Waals surface area contributed by atoms with Gasteiger partial charge in [0.2, 0.25) is 5.89 Å². The standard InChI is InChI=1S/C10H9NO2/c1-7(6-12)10-11-8-4-2-3-5-9(8)13-10/h2-6,12H,1H3/p-1. The number of allylic oxidation sites excluding steroid dienone is 1. The summed E-state index contributed by atoms with van der Waals surface area (Å²) in [6.45, 7) is 1.68. The minimum absolute atomic E-state index is 0.399. The lowest BCUT2D eigenvalue weighted by Gasteiger charge is -1.95. The highest BCUT2D eigenvalue weighted by Gasteiger charge is 2.03. The van der Waals surface area contributed by atoms with E-state index in [0.717, 1.165) is 11.8 Å². The Morgan fingerprint density at radius 1 is 1.46 bits per heavy atom. The molecule has 0 spiro atoms. The Hall–Kier alpha value is -1.77. The molecule has 0 fully saturated rings. The van der Waals surface area contributed by atoms with Crippen LogP contribution in [0.1, 0.15) is 12.8 Å². The SMILES string of the molecule is CC(=C[O-])c1nc2ccccc2o1. The Morgan fingerprint density at radius 3 is 2.92 bits per heavy atom. The smallest absolute Gasteiger partial charge is 0.221 e. The number of aromatic nitrogens is 1. The Bertz CT molecular complexity index is 424. The molecule has 0 saturated heterocycles. The molecule has 0 saturated carbocycles. The van der Waals surface area contributed by atoms with Gasteiger partial charge in [-0.25, -0.2) is 4.98 Å². The van der Waals surface area contributed by atoms with Crippen LogP contribution < -0.4 is 5.11 Å². The monoisotopic (exact) mass is 174 g/mol. The zero-order valence-corrected chi connectivity index (χ0v) is 7.15. The molecule has 0 aliphatic carbocycles. The van der Waals surface area contributed by atoms with Gasteiger partial charge in [0.05, 0.1) is 0 Å². The first kappa shape index (κ1) is 7.86. The average molecular weight is 174 g/mol. The molecule has 1 aromatic heterocycles. The van der Waals surface area contributed by atoms with Crippen LogP contribution in [0.3, 0.4) is 0 Å². The summed E-state index contributed by atoms with van der Waals surface area (Å²) in [5.41, 5.74) is 1.99. The van der Waals surface area contributed by atoms with E-state index < -0.39 is 0 Å². The molecule has 13 heavy (non-hydrogen) atoms. The van der Waals surface area contributed by atoms with Crippen molar-refractivity contribution in [2.75, 3.05) is 0 Å². The maximum Gasteiger partial charge on any atom is 0.221 e. The van der Waals surface area contributed by atoms with E-state index in [4.69, 9.17) is 4.42 Å². The summed E-state index contributed by atoms with van der Waals surface area (Å²) < 4.78 is 5.34. The molecular formula is C10H8NO2-. The van der Waals surface area contributed by atoms with Gasteiger partial charge in [0.25, 0.3) is 0 Å². The van der Waals surface area contributed by atoms with Crippen LogP contribution in [-0.4, -0.2) is 4.98 Å². The number of oxazole rings is 1. The van der Waals surface area contributed by atoms with Crippen LogP contribution in [0.15, 0.2) is 34.9 Å². The van der Waals surface area contributed by atoms with Crippen molar-refractivity contribution in [3.63, 3.8) is 0 Å². The van der Waals surface area contributed by atoms with Crippen molar-refractivity contribution in [3.8, 4) is 0 Å². The third-order valence-electron chi connectivity index (χ3n) is 1.81. The van der Waals surface area contributed by atoms with Crippen LogP contribution >= 0.6 is 0 Å². The summed E-state index contributed by atoms with van der Waals surface area (Å²) in [6.07, 6.45) is 0.741. The molecule has 2 aromatic rings. The van der Waals surface area contributed by atoms with Crippen molar-refractivity contribution >= 4 is 16.7 Å². The van der Waals surface area contributed by atoms with Crippen molar-refractivity contribution in [1.29, 1.82) is 0 Å². The maximum atomic E-state index is 10.4. The number of nitrogens with zero attached hydrogens (tertiary/aromatic N) is 1. The molecule has 0 amide bonds. The van der Waals surface area contributed by atoms with Crippen molar-refractivity contribution in [2.45, 2.75) is 6.92 Å². The van der Waals surface area contributed by atoms with E-state index in [0.29, 0.717) is 17.0 Å². The fourth-order valence-corrected chi connectivity index (χ4v) is 1.09. The molecule has 3 nitrogen and oxygen atoms in total. The van der Waals surface area contributed by atoms with Gasteiger partial charge in [0, 0.05) is 0 Å². The van der Waals surface area contributed by atoms with Gasteiger partial charge in [0.1, 0.15) is 5.52 Å². The highest BCUT2D eigenvalue weighted by molar-refractivity contribution is 5.75.